The number of ether oxygens (including phenoxy) is 1. The third-order valence-corrected chi connectivity index (χ3v) is 4.83. The Morgan fingerprint density at radius 3 is 3.00 bits per heavy atom. The first-order chi connectivity index (χ1) is 10.3. The molecule has 21 heavy (non-hydrogen) atoms. The fourth-order valence-electron chi connectivity index (χ4n) is 2.59. The Hall–Kier alpha value is -1.17. The molecule has 5 heteroatoms. The molecule has 1 aliphatic heterocycles. The van der Waals surface area contributed by atoms with Gasteiger partial charge in [0.05, 0.1) is 15.2 Å². The largest absolute Gasteiger partial charge is 0.492 e. The van der Waals surface area contributed by atoms with Crippen LogP contribution in [0.5, 0.6) is 5.75 Å². The first kappa shape index (κ1) is 14.8. The fraction of sp³-hybridized carbons (Fsp3) is 0.562. The Balaban J connectivity index is 1.56. The van der Waals surface area contributed by atoms with Crippen LogP contribution in [0.2, 0.25) is 0 Å². The molecule has 1 aliphatic rings. The lowest BCUT2D eigenvalue weighted by atomic mass is 10.3. The summed E-state index contributed by atoms with van der Waals surface area (Å²) in [5.41, 5.74) is 1.10. The van der Waals surface area contributed by atoms with Gasteiger partial charge in [0, 0.05) is 32.7 Å². The molecule has 0 unspecified atom stereocenters. The summed E-state index contributed by atoms with van der Waals surface area (Å²) in [7, 11) is 0. The van der Waals surface area contributed by atoms with E-state index in [9.17, 15) is 0 Å². The van der Waals surface area contributed by atoms with Crippen LogP contribution in [-0.4, -0.2) is 49.2 Å². The van der Waals surface area contributed by atoms with Crippen molar-refractivity contribution in [3.8, 4) is 5.75 Å². The van der Waals surface area contributed by atoms with Crippen molar-refractivity contribution in [1.82, 2.24) is 15.2 Å². The van der Waals surface area contributed by atoms with Gasteiger partial charge in [-0.25, -0.2) is 4.98 Å². The van der Waals surface area contributed by atoms with Gasteiger partial charge in [-0.1, -0.05) is 6.92 Å². The van der Waals surface area contributed by atoms with Gasteiger partial charge in [0.25, 0.3) is 0 Å². The molecular weight excluding hydrogens is 282 g/mol. The molecule has 0 saturated carbocycles. The number of nitrogens with one attached hydrogen (secondary N) is 1. The SMILES string of the molecule is CCCc1nc2ccc(OCCN3CCNCC3)cc2s1. The predicted molar refractivity (Wildman–Crippen MR) is 88.4 cm³/mol. The Morgan fingerprint density at radius 1 is 1.33 bits per heavy atom. The van der Waals surface area contributed by atoms with Gasteiger partial charge >= 0.3 is 0 Å². The highest BCUT2D eigenvalue weighted by molar-refractivity contribution is 7.18. The number of aromatic nitrogens is 1. The third-order valence-electron chi connectivity index (χ3n) is 3.75. The molecule has 3 rings (SSSR count). The number of thiazole rings is 1. The van der Waals surface area contributed by atoms with Crippen molar-refractivity contribution < 1.29 is 4.74 Å². The molecule has 0 amide bonds. The zero-order valence-corrected chi connectivity index (χ0v) is 13.4. The van der Waals surface area contributed by atoms with Crippen LogP contribution < -0.4 is 10.1 Å². The molecule has 1 aromatic carbocycles. The summed E-state index contributed by atoms with van der Waals surface area (Å²) in [6.07, 6.45) is 2.21. The number of nitrogens with zero attached hydrogens (tertiary/aromatic N) is 2. The van der Waals surface area contributed by atoms with Gasteiger partial charge in [-0.3, -0.25) is 4.90 Å². The van der Waals surface area contributed by atoms with Crippen molar-refractivity contribution >= 4 is 21.6 Å². The molecule has 0 aliphatic carbocycles. The van der Waals surface area contributed by atoms with Crippen molar-refractivity contribution in [1.29, 1.82) is 0 Å². The summed E-state index contributed by atoms with van der Waals surface area (Å²) >= 11 is 1.79. The quantitative estimate of drug-likeness (QED) is 0.890. The number of benzene rings is 1. The molecule has 0 spiro atoms. The lowest BCUT2D eigenvalue weighted by Crippen LogP contribution is -2.44. The maximum atomic E-state index is 5.90. The van der Waals surface area contributed by atoms with Gasteiger partial charge in [-0.15, -0.1) is 11.3 Å². The van der Waals surface area contributed by atoms with Crippen molar-refractivity contribution in [2.45, 2.75) is 19.8 Å². The van der Waals surface area contributed by atoms with Gasteiger partial charge in [-0.2, -0.15) is 0 Å². The summed E-state index contributed by atoms with van der Waals surface area (Å²) in [4.78, 5) is 7.09. The molecule has 1 aromatic heterocycles. The van der Waals surface area contributed by atoms with E-state index in [-0.39, 0.29) is 0 Å². The third kappa shape index (κ3) is 3.93. The van der Waals surface area contributed by atoms with E-state index in [0.29, 0.717) is 0 Å². The highest BCUT2D eigenvalue weighted by Gasteiger charge is 2.09. The number of piperazine rings is 1. The fourth-order valence-corrected chi connectivity index (χ4v) is 3.69. The average molecular weight is 305 g/mol. The first-order valence-corrected chi connectivity index (χ1v) is 8.62. The molecular formula is C16H23N3OS. The Morgan fingerprint density at radius 2 is 2.19 bits per heavy atom. The zero-order chi connectivity index (χ0) is 14.5. The van der Waals surface area contributed by atoms with E-state index in [1.54, 1.807) is 11.3 Å². The standard InChI is InChI=1S/C16H23N3OS/c1-2-3-16-18-14-5-4-13(12-15(14)21-16)20-11-10-19-8-6-17-7-9-19/h4-5,12,17H,2-3,6-11H2,1H3. The lowest BCUT2D eigenvalue weighted by Gasteiger charge is -2.26. The van der Waals surface area contributed by atoms with Crippen molar-refractivity contribution in [2.24, 2.45) is 0 Å². The van der Waals surface area contributed by atoms with Crippen LogP contribution >= 0.6 is 11.3 Å². The molecule has 0 bridgehead atoms. The van der Waals surface area contributed by atoms with Crippen LogP contribution in [0.1, 0.15) is 18.4 Å². The molecule has 2 heterocycles. The van der Waals surface area contributed by atoms with Crippen molar-refractivity contribution in [2.75, 3.05) is 39.3 Å². The summed E-state index contributed by atoms with van der Waals surface area (Å²) in [6, 6.07) is 6.24. The minimum absolute atomic E-state index is 0.756. The van der Waals surface area contributed by atoms with Crippen molar-refractivity contribution in [3.05, 3.63) is 23.2 Å². The van der Waals surface area contributed by atoms with E-state index in [4.69, 9.17) is 4.74 Å². The van der Waals surface area contributed by atoms with Gasteiger partial charge in [0.1, 0.15) is 12.4 Å². The topological polar surface area (TPSA) is 37.4 Å². The summed E-state index contributed by atoms with van der Waals surface area (Å²) in [5, 5.41) is 4.59. The van der Waals surface area contributed by atoms with E-state index < -0.39 is 0 Å². The molecule has 1 saturated heterocycles. The first-order valence-electron chi connectivity index (χ1n) is 7.80. The molecule has 4 nitrogen and oxygen atoms in total. The second kappa shape index (κ2) is 7.20. The Bertz CT molecular complexity index is 578. The maximum absolute atomic E-state index is 5.90. The average Bonchev–Trinajstić information content (AvgIpc) is 2.90. The highest BCUT2D eigenvalue weighted by atomic mass is 32.1. The Kier molecular flexibility index (Phi) is 5.06. The van der Waals surface area contributed by atoms with Crippen LogP contribution in [0.3, 0.4) is 0 Å². The number of hydrogen-bond acceptors (Lipinski definition) is 5. The predicted octanol–water partition coefficient (Wildman–Crippen LogP) is 2.53. The number of aryl methyl sites for hydroxylation is 1. The smallest absolute Gasteiger partial charge is 0.120 e. The summed E-state index contributed by atoms with van der Waals surface area (Å²) < 4.78 is 7.14. The van der Waals surface area contributed by atoms with E-state index in [1.807, 2.05) is 6.07 Å². The highest BCUT2D eigenvalue weighted by Crippen LogP contribution is 2.27. The zero-order valence-electron chi connectivity index (χ0n) is 12.6. The van der Waals surface area contributed by atoms with Gasteiger partial charge in [0.2, 0.25) is 0 Å². The lowest BCUT2D eigenvalue weighted by molar-refractivity contribution is 0.191. The number of fused-ring (bicyclic) bond motifs is 1. The minimum Gasteiger partial charge on any atom is -0.492 e. The van der Waals surface area contributed by atoms with Crippen LogP contribution in [-0.2, 0) is 6.42 Å². The van der Waals surface area contributed by atoms with Gasteiger partial charge in [0.15, 0.2) is 0 Å². The Labute approximate surface area is 130 Å². The van der Waals surface area contributed by atoms with Crippen LogP contribution in [0, 0.1) is 0 Å². The van der Waals surface area contributed by atoms with Gasteiger partial charge in [-0.05, 0) is 31.0 Å². The van der Waals surface area contributed by atoms with E-state index in [1.165, 1.54) is 9.71 Å². The molecule has 114 valence electrons. The second-order valence-corrected chi connectivity index (χ2v) is 6.54. The number of rotatable bonds is 6. The normalized spacial score (nSPS) is 16.4. The molecule has 1 N–H and O–H groups in total. The van der Waals surface area contributed by atoms with E-state index in [0.717, 1.165) is 63.4 Å². The number of hydrogen-bond donors (Lipinski definition) is 1. The van der Waals surface area contributed by atoms with Gasteiger partial charge < -0.3 is 10.1 Å². The molecule has 2 aromatic rings. The maximum Gasteiger partial charge on any atom is 0.120 e. The van der Waals surface area contributed by atoms with Crippen molar-refractivity contribution in [3.63, 3.8) is 0 Å². The minimum atomic E-state index is 0.756. The van der Waals surface area contributed by atoms with E-state index in [2.05, 4.69) is 34.3 Å². The van der Waals surface area contributed by atoms with E-state index >= 15 is 0 Å². The summed E-state index contributed by atoms with van der Waals surface area (Å²) in [5.74, 6) is 0.962. The van der Waals surface area contributed by atoms with Crippen LogP contribution in [0.25, 0.3) is 10.2 Å². The molecule has 0 radical (unpaired) electrons. The molecule has 1 fully saturated rings. The van der Waals surface area contributed by atoms with Crippen LogP contribution in [0.4, 0.5) is 0 Å². The second-order valence-electron chi connectivity index (χ2n) is 5.43. The molecule has 0 atom stereocenters. The summed E-state index contributed by atoms with van der Waals surface area (Å²) in [6.45, 7) is 8.38. The monoisotopic (exact) mass is 305 g/mol. The van der Waals surface area contributed by atoms with Crippen LogP contribution in [0.15, 0.2) is 18.2 Å².